The van der Waals surface area contributed by atoms with Crippen LogP contribution >= 0.6 is 0 Å². The van der Waals surface area contributed by atoms with E-state index >= 15 is 0 Å². The second kappa shape index (κ2) is 9.50. The van der Waals surface area contributed by atoms with E-state index in [0.29, 0.717) is 13.1 Å². The van der Waals surface area contributed by atoms with Gasteiger partial charge in [0.05, 0.1) is 4.90 Å². The fourth-order valence-corrected chi connectivity index (χ4v) is 5.08. The molecule has 0 N–H and O–H groups in total. The molecule has 1 aromatic heterocycles. The number of aromatic nitrogens is 1. The van der Waals surface area contributed by atoms with Crippen LogP contribution in [-0.4, -0.2) is 54.3 Å². The second-order valence-electron chi connectivity index (χ2n) is 7.07. The number of amides is 1. The maximum atomic E-state index is 12.7. The highest BCUT2D eigenvalue weighted by molar-refractivity contribution is 7.89. The first-order valence-electron chi connectivity index (χ1n) is 9.77. The molecule has 0 spiro atoms. The highest BCUT2D eigenvalue weighted by atomic mass is 32.2. The summed E-state index contributed by atoms with van der Waals surface area (Å²) in [5.74, 6) is -0.165. The van der Waals surface area contributed by atoms with Gasteiger partial charge in [0.25, 0.3) is 5.56 Å². The van der Waals surface area contributed by atoms with E-state index in [0.717, 1.165) is 25.7 Å². The Morgan fingerprint density at radius 1 is 1.11 bits per heavy atom. The van der Waals surface area contributed by atoms with E-state index < -0.39 is 10.0 Å². The zero-order valence-electron chi connectivity index (χ0n) is 16.6. The van der Waals surface area contributed by atoms with Crippen LogP contribution < -0.4 is 5.56 Å². The Balaban J connectivity index is 2.21. The first-order valence-corrected chi connectivity index (χ1v) is 11.2. The topological polar surface area (TPSA) is 79.7 Å². The molecule has 2 rings (SSSR count). The molecule has 1 amide bonds. The van der Waals surface area contributed by atoms with Gasteiger partial charge in [-0.1, -0.05) is 39.5 Å². The molecule has 152 valence electrons. The predicted molar refractivity (Wildman–Crippen MR) is 105 cm³/mol. The summed E-state index contributed by atoms with van der Waals surface area (Å²) in [5.41, 5.74) is -0.379. The van der Waals surface area contributed by atoms with Gasteiger partial charge in [-0.05, 0) is 18.9 Å². The molecule has 8 heteroatoms. The van der Waals surface area contributed by atoms with Crippen molar-refractivity contribution in [2.45, 2.75) is 69.9 Å². The molecule has 1 fully saturated rings. The summed E-state index contributed by atoms with van der Waals surface area (Å²) in [7, 11) is -1.90. The minimum absolute atomic E-state index is 0.0377. The highest BCUT2D eigenvalue weighted by Crippen LogP contribution is 2.21. The molecule has 1 aliphatic rings. The maximum absolute atomic E-state index is 12.7. The molecular weight excluding hydrogens is 366 g/mol. The van der Waals surface area contributed by atoms with Crippen LogP contribution in [0.1, 0.15) is 52.4 Å². The van der Waals surface area contributed by atoms with Crippen LogP contribution in [-0.2, 0) is 21.4 Å². The monoisotopic (exact) mass is 397 g/mol. The predicted octanol–water partition coefficient (Wildman–Crippen LogP) is 2.06. The zero-order chi connectivity index (χ0) is 20.0. The van der Waals surface area contributed by atoms with E-state index in [1.54, 1.807) is 25.8 Å². The fraction of sp³-hybridized carbons (Fsp3) is 0.684. The molecule has 1 aliphatic carbocycles. The van der Waals surface area contributed by atoms with Crippen molar-refractivity contribution in [1.82, 2.24) is 13.8 Å². The van der Waals surface area contributed by atoms with E-state index in [-0.39, 0.29) is 28.9 Å². The molecule has 1 saturated carbocycles. The highest BCUT2D eigenvalue weighted by Gasteiger charge is 2.24. The Bertz CT molecular complexity index is 791. The maximum Gasteiger partial charge on any atom is 0.251 e. The number of hydrogen-bond acceptors (Lipinski definition) is 4. The van der Waals surface area contributed by atoms with Gasteiger partial charge in [-0.25, -0.2) is 8.42 Å². The van der Waals surface area contributed by atoms with Crippen LogP contribution in [0.2, 0.25) is 0 Å². The van der Waals surface area contributed by atoms with Gasteiger partial charge in [-0.3, -0.25) is 9.59 Å². The number of carbonyl (C=O) groups excluding carboxylic acids is 1. The van der Waals surface area contributed by atoms with Crippen molar-refractivity contribution in [1.29, 1.82) is 0 Å². The van der Waals surface area contributed by atoms with Crippen molar-refractivity contribution < 1.29 is 13.2 Å². The van der Waals surface area contributed by atoms with Crippen LogP contribution in [0.15, 0.2) is 28.0 Å². The van der Waals surface area contributed by atoms with Crippen molar-refractivity contribution in [3.63, 3.8) is 0 Å². The average molecular weight is 398 g/mol. The zero-order valence-corrected chi connectivity index (χ0v) is 17.4. The lowest BCUT2D eigenvalue weighted by molar-refractivity contribution is -0.132. The second-order valence-corrected chi connectivity index (χ2v) is 9.01. The summed E-state index contributed by atoms with van der Waals surface area (Å²) >= 11 is 0. The van der Waals surface area contributed by atoms with Crippen LogP contribution in [0.5, 0.6) is 0 Å². The Hall–Kier alpha value is -1.67. The molecule has 27 heavy (non-hydrogen) atoms. The van der Waals surface area contributed by atoms with Crippen LogP contribution in [0.25, 0.3) is 0 Å². The van der Waals surface area contributed by atoms with Crippen LogP contribution in [0.4, 0.5) is 0 Å². The van der Waals surface area contributed by atoms with Gasteiger partial charge in [-0.2, -0.15) is 4.31 Å². The number of carbonyl (C=O) groups is 1. The van der Waals surface area contributed by atoms with E-state index in [4.69, 9.17) is 0 Å². The van der Waals surface area contributed by atoms with Crippen molar-refractivity contribution in [2.75, 3.05) is 20.1 Å². The number of nitrogens with zero attached hydrogens (tertiary/aromatic N) is 3. The number of pyridine rings is 1. The minimum Gasteiger partial charge on any atom is -0.341 e. The summed E-state index contributed by atoms with van der Waals surface area (Å²) in [4.78, 5) is 26.6. The van der Waals surface area contributed by atoms with Crippen molar-refractivity contribution in [3.8, 4) is 0 Å². The van der Waals surface area contributed by atoms with Gasteiger partial charge >= 0.3 is 0 Å². The molecule has 0 unspecified atom stereocenters. The lowest BCUT2D eigenvalue weighted by Gasteiger charge is -2.27. The first-order chi connectivity index (χ1) is 12.8. The molecule has 0 saturated heterocycles. The van der Waals surface area contributed by atoms with Crippen molar-refractivity contribution in [3.05, 3.63) is 28.7 Å². The Morgan fingerprint density at radius 3 is 2.26 bits per heavy atom. The summed E-state index contributed by atoms with van der Waals surface area (Å²) in [6.45, 7) is 4.08. The molecule has 7 nitrogen and oxygen atoms in total. The smallest absolute Gasteiger partial charge is 0.251 e. The molecule has 0 atom stereocenters. The molecule has 0 aliphatic heterocycles. The lowest BCUT2D eigenvalue weighted by Crippen LogP contribution is -2.40. The van der Waals surface area contributed by atoms with Gasteiger partial charge in [0.15, 0.2) is 0 Å². The van der Waals surface area contributed by atoms with E-state index in [1.807, 2.05) is 0 Å². The van der Waals surface area contributed by atoms with Gasteiger partial charge < -0.3 is 9.47 Å². The fourth-order valence-electron chi connectivity index (χ4n) is 3.60. The Morgan fingerprint density at radius 2 is 1.70 bits per heavy atom. The normalized spacial score (nSPS) is 16.3. The summed E-state index contributed by atoms with van der Waals surface area (Å²) in [6.07, 6.45) is 7.86. The third-order valence-corrected chi connectivity index (χ3v) is 7.40. The molecule has 0 aromatic carbocycles. The van der Waals surface area contributed by atoms with E-state index in [2.05, 4.69) is 0 Å². The van der Waals surface area contributed by atoms with Gasteiger partial charge in [0, 0.05) is 38.4 Å². The summed E-state index contributed by atoms with van der Waals surface area (Å²) in [5, 5.41) is 0. The number of likely N-dealkylation sites (N-methyl/N-ethyl adjacent to an activating group) is 1. The third-order valence-electron chi connectivity index (χ3n) is 5.37. The Kier molecular flexibility index (Phi) is 7.61. The molecule has 1 heterocycles. The third kappa shape index (κ3) is 5.19. The van der Waals surface area contributed by atoms with Gasteiger partial charge in [-0.15, -0.1) is 0 Å². The standard InChI is InChI=1S/C19H31N3O4S/c1-4-22(5-2)27(25,26)17-12-13-18(23)21(14-17)15-19(24)20(3)16-10-8-6-7-9-11-16/h12-14,16H,4-11,15H2,1-3H3. The molecule has 0 bridgehead atoms. The first kappa shape index (κ1) is 21.6. The van der Waals surface area contributed by atoms with Crippen molar-refractivity contribution >= 4 is 15.9 Å². The molecular formula is C19H31N3O4S. The average Bonchev–Trinajstić information content (AvgIpc) is 2.92. The largest absolute Gasteiger partial charge is 0.341 e. The summed E-state index contributed by atoms with van der Waals surface area (Å²) < 4.78 is 27.9. The Labute approximate surface area is 162 Å². The van der Waals surface area contributed by atoms with E-state index in [9.17, 15) is 18.0 Å². The number of sulfonamides is 1. The summed E-state index contributed by atoms with van der Waals surface area (Å²) in [6, 6.07) is 2.72. The quantitative estimate of drug-likeness (QED) is 0.660. The minimum atomic E-state index is -3.67. The van der Waals surface area contributed by atoms with Crippen LogP contribution in [0, 0.1) is 0 Å². The molecule has 0 radical (unpaired) electrons. The number of hydrogen-bond donors (Lipinski definition) is 0. The van der Waals surface area contributed by atoms with Crippen LogP contribution in [0.3, 0.4) is 0 Å². The lowest BCUT2D eigenvalue weighted by atomic mass is 10.1. The molecule has 1 aromatic rings. The van der Waals surface area contributed by atoms with Gasteiger partial charge in [0.2, 0.25) is 15.9 Å². The van der Waals surface area contributed by atoms with Crippen molar-refractivity contribution in [2.24, 2.45) is 0 Å². The van der Waals surface area contributed by atoms with Gasteiger partial charge in [0.1, 0.15) is 6.54 Å². The number of rotatable bonds is 7. The van der Waals surface area contributed by atoms with E-state index in [1.165, 1.54) is 40.0 Å². The SMILES string of the molecule is CCN(CC)S(=O)(=O)c1ccc(=O)n(CC(=O)N(C)C2CCCCCC2)c1.